The smallest absolute Gasteiger partial charge is 0.0506 e. The molecule has 15 heavy (non-hydrogen) atoms. The van der Waals surface area contributed by atoms with Crippen LogP contribution in [-0.4, -0.2) is 26.3 Å². The lowest BCUT2D eigenvalue weighted by Gasteiger charge is -2.08. The highest BCUT2D eigenvalue weighted by molar-refractivity contribution is 7.07. The first-order valence-electron chi connectivity index (χ1n) is 5.74. The SMILES string of the molecule is c1cc(CCOCCC2CCNC2)cs1. The zero-order valence-corrected chi connectivity index (χ0v) is 9.89. The van der Waals surface area contributed by atoms with Gasteiger partial charge in [-0.1, -0.05) is 0 Å². The van der Waals surface area contributed by atoms with Gasteiger partial charge in [0, 0.05) is 6.61 Å². The molecule has 0 spiro atoms. The van der Waals surface area contributed by atoms with Crippen molar-refractivity contribution in [3.63, 3.8) is 0 Å². The predicted molar refractivity (Wildman–Crippen MR) is 64.4 cm³/mol. The van der Waals surface area contributed by atoms with Gasteiger partial charge in [0.05, 0.1) is 6.61 Å². The van der Waals surface area contributed by atoms with Crippen LogP contribution in [-0.2, 0) is 11.2 Å². The molecule has 1 atom stereocenters. The van der Waals surface area contributed by atoms with Gasteiger partial charge in [-0.15, -0.1) is 0 Å². The maximum absolute atomic E-state index is 5.65. The molecule has 2 nitrogen and oxygen atoms in total. The molecule has 0 saturated carbocycles. The van der Waals surface area contributed by atoms with Gasteiger partial charge in [0.15, 0.2) is 0 Å². The lowest BCUT2D eigenvalue weighted by Crippen LogP contribution is -2.11. The third-order valence-electron chi connectivity index (χ3n) is 2.95. The minimum absolute atomic E-state index is 0.853. The van der Waals surface area contributed by atoms with Crippen LogP contribution in [0.25, 0.3) is 0 Å². The van der Waals surface area contributed by atoms with Gasteiger partial charge in [0.25, 0.3) is 0 Å². The minimum atomic E-state index is 0.853. The Bertz CT molecular complexity index is 255. The van der Waals surface area contributed by atoms with Crippen molar-refractivity contribution in [3.05, 3.63) is 22.4 Å². The van der Waals surface area contributed by atoms with Crippen LogP contribution in [0.15, 0.2) is 16.8 Å². The van der Waals surface area contributed by atoms with Gasteiger partial charge in [0.2, 0.25) is 0 Å². The molecule has 0 aromatic carbocycles. The normalized spacial score (nSPS) is 20.9. The highest BCUT2D eigenvalue weighted by atomic mass is 32.1. The number of nitrogens with one attached hydrogen (secondary N) is 1. The van der Waals surface area contributed by atoms with Crippen LogP contribution in [0.2, 0.25) is 0 Å². The van der Waals surface area contributed by atoms with Crippen LogP contribution < -0.4 is 5.32 Å². The first-order chi connectivity index (χ1) is 7.45. The van der Waals surface area contributed by atoms with Crippen molar-refractivity contribution in [2.75, 3.05) is 26.3 Å². The minimum Gasteiger partial charge on any atom is -0.381 e. The number of rotatable bonds is 6. The van der Waals surface area contributed by atoms with E-state index in [0.717, 1.165) is 25.6 Å². The Kier molecular flexibility index (Phi) is 4.64. The second-order valence-electron chi connectivity index (χ2n) is 4.14. The van der Waals surface area contributed by atoms with Crippen molar-refractivity contribution in [3.8, 4) is 0 Å². The highest BCUT2D eigenvalue weighted by Crippen LogP contribution is 2.12. The van der Waals surface area contributed by atoms with Gasteiger partial charge >= 0.3 is 0 Å². The largest absolute Gasteiger partial charge is 0.381 e. The molecule has 1 N–H and O–H groups in total. The number of ether oxygens (including phenoxy) is 1. The van der Waals surface area contributed by atoms with E-state index in [9.17, 15) is 0 Å². The molecule has 0 radical (unpaired) electrons. The molecule has 0 aliphatic carbocycles. The molecule has 1 unspecified atom stereocenters. The molecule has 1 aromatic rings. The Hall–Kier alpha value is -0.380. The van der Waals surface area contributed by atoms with E-state index >= 15 is 0 Å². The fraction of sp³-hybridized carbons (Fsp3) is 0.667. The number of thiophene rings is 1. The van der Waals surface area contributed by atoms with Crippen LogP contribution in [0.5, 0.6) is 0 Å². The maximum atomic E-state index is 5.65. The van der Waals surface area contributed by atoms with Gasteiger partial charge in [0.1, 0.15) is 0 Å². The second-order valence-corrected chi connectivity index (χ2v) is 4.92. The molecule has 1 aliphatic heterocycles. The Morgan fingerprint density at radius 2 is 2.47 bits per heavy atom. The van der Waals surface area contributed by atoms with Gasteiger partial charge in [-0.05, 0) is 60.7 Å². The summed E-state index contributed by atoms with van der Waals surface area (Å²) in [5.41, 5.74) is 1.41. The van der Waals surface area contributed by atoms with E-state index in [0.29, 0.717) is 0 Å². The average molecular weight is 225 g/mol. The average Bonchev–Trinajstić information content (AvgIpc) is 2.88. The molecule has 2 rings (SSSR count). The highest BCUT2D eigenvalue weighted by Gasteiger charge is 2.13. The summed E-state index contributed by atoms with van der Waals surface area (Å²) in [5, 5.41) is 7.70. The summed E-state index contributed by atoms with van der Waals surface area (Å²) >= 11 is 1.76. The maximum Gasteiger partial charge on any atom is 0.0506 e. The van der Waals surface area contributed by atoms with E-state index in [4.69, 9.17) is 4.74 Å². The summed E-state index contributed by atoms with van der Waals surface area (Å²) in [6.07, 6.45) is 3.61. The van der Waals surface area contributed by atoms with Gasteiger partial charge in [-0.2, -0.15) is 11.3 Å². The summed E-state index contributed by atoms with van der Waals surface area (Å²) in [7, 11) is 0. The molecule has 84 valence electrons. The van der Waals surface area contributed by atoms with Crippen LogP contribution in [0.4, 0.5) is 0 Å². The molecule has 0 amide bonds. The van der Waals surface area contributed by atoms with Crippen LogP contribution in [0, 0.1) is 5.92 Å². The molecule has 1 aliphatic rings. The molecule has 1 aromatic heterocycles. The molecular formula is C12H19NOS. The molecule has 3 heteroatoms. The lowest BCUT2D eigenvalue weighted by atomic mass is 10.1. The molecule has 1 fully saturated rings. The van der Waals surface area contributed by atoms with E-state index in [1.807, 2.05) is 0 Å². The monoisotopic (exact) mass is 225 g/mol. The topological polar surface area (TPSA) is 21.3 Å². The Morgan fingerprint density at radius 3 is 3.20 bits per heavy atom. The molecular weight excluding hydrogens is 206 g/mol. The zero-order chi connectivity index (χ0) is 10.3. The van der Waals surface area contributed by atoms with Crippen molar-refractivity contribution in [2.24, 2.45) is 5.92 Å². The molecule has 2 heterocycles. The van der Waals surface area contributed by atoms with E-state index < -0.39 is 0 Å². The van der Waals surface area contributed by atoms with E-state index in [1.54, 1.807) is 11.3 Å². The van der Waals surface area contributed by atoms with Crippen molar-refractivity contribution in [1.82, 2.24) is 5.32 Å². The van der Waals surface area contributed by atoms with Crippen molar-refractivity contribution >= 4 is 11.3 Å². The summed E-state index contributed by atoms with van der Waals surface area (Å²) in [6.45, 7) is 4.18. The van der Waals surface area contributed by atoms with Crippen molar-refractivity contribution < 1.29 is 4.74 Å². The quantitative estimate of drug-likeness (QED) is 0.750. The van der Waals surface area contributed by atoms with Crippen molar-refractivity contribution in [1.29, 1.82) is 0 Å². The third-order valence-corrected chi connectivity index (χ3v) is 3.68. The van der Waals surface area contributed by atoms with Gasteiger partial charge < -0.3 is 10.1 Å². The van der Waals surface area contributed by atoms with E-state index in [2.05, 4.69) is 22.1 Å². The summed E-state index contributed by atoms with van der Waals surface area (Å²) in [5.74, 6) is 0.853. The summed E-state index contributed by atoms with van der Waals surface area (Å²) < 4.78 is 5.65. The van der Waals surface area contributed by atoms with Gasteiger partial charge in [-0.25, -0.2) is 0 Å². The third kappa shape index (κ3) is 3.93. The fourth-order valence-electron chi connectivity index (χ4n) is 1.94. The Labute approximate surface area is 95.6 Å². The van der Waals surface area contributed by atoms with E-state index in [-0.39, 0.29) is 0 Å². The Morgan fingerprint density at radius 1 is 1.47 bits per heavy atom. The molecule has 1 saturated heterocycles. The predicted octanol–water partition coefficient (Wildman–Crippen LogP) is 2.31. The zero-order valence-electron chi connectivity index (χ0n) is 9.08. The first kappa shape index (κ1) is 11.1. The van der Waals surface area contributed by atoms with Crippen molar-refractivity contribution in [2.45, 2.75) is 19.3 Å². The van der Waals surface area contributed by atoms with Crippen LogP contribution in [0.1, 0.15) is 18.4 Å². The Balaban J connectivity index is 1.48. The van der Waals surface area contributed by atoms with Gasteiger partial charge in [-0.3, -0.25) is 0 Å². The number of hydrogen-bond acceptors (Lipinski definition) is 3. The summed E-state index contributed by atoms with van der Waals surface area (Å²) in [6, 6.07) is 2.18. The molecule has 0 bridgehead atoms. The fourth-order valence-corrected chi connectivity index (χ4v) is 2.64. The van der Waals surface area contributed by atoms with Crippen LogP contribution >= 0.6 is 11.3 Å². The summed E-state index contributed by atoms with van der Waals surface area (Å²) in [4.78, 5) is 0. The van der Waals surface area contributed by atoms with Crippen LogP contribution in [0.3, 0.4) is 0 Å². The van der Waals surface area contributed by atoms with E-state index in [1.165, 1.54) is 31.5 Å². The lowest BCUT2D eigenvalue weighted by molar-refractivity contribution is 0.124. The standard InChI is InChI=1S/C12H19NOS/c1-5-13-9-11(1)2-6-14-7-3-12-4-8-15-10-12/h4,8,10-11,13H,1-3,5-7,9H2. The first-order valence-corrected chi connectivity index (χ1v) is 6.69. The second kappa shape index (κ2) is 6.26. The number of hydrogen-bond donors (Lipinski definition) is 1.